The number of hydrogen-bond acceptors (Lipinski definition) is 4. The fourth-order valence-electron chi connectivity index (χ4n) is 3.56. The largest absolute Gasteiger partial charge is 0.289 e. The number of amides is 1. The third kappa shape index (κ3) is 2.04. The average Bonchev–Trinajstić information content (AvgIpc) is 2.97. The molecule has 1 atom stereocenters. The Balaban J connectivity index is 1.75. The van der Waals surface area contributed by atoms with E-state index in [9.17, 15) is 18.6 Å². The zero-order valence-electron chi connectivity index (χ0n) is 13.8. The Morgan fingerprint density at radius 2 is 1.22 bits per heavy atom. The lowest BCUT2D eigenvalue weighted by Gasteiger charge is -2.19. The van der Waals surface area contributed by atoms with Crippen LogP contribution in [-0.4, -0.2) is 21.7 Å². The molecule has 1 heterocycles. The van der Waals surface area contributed by atoms with Gasteiger partial charge in [-0.05, 0) is 24.3 Å². The van der Waals surface area contributed by atoms with Crippen molar-refractivity contribution in [3.63, 3.8) is 0 Å². The lowest BCUT2D eigenvalue weighted by molar-refractivity contribution is 0.0975. The van der Waals surface area contributed by atoms with E-state index in [0.717, 1.165) is 4.31 Å². The molecular weight excluding hydrogens is 362 g/mol. The first-order chi connectivity index (χ1) is 13.1. The maximum Gasteiger partial charge on any atom is 0.271 e. The molecule has 1 amide bonds. The third-order valence-corrected chi connectivity index (χ3v) is 6.27. The van der Waals surface area contributed by atoms with E-state index in [1.165, 1.54) is 12.1 Å². The number of para-hydroxylation sites is 1. The summed E-state index contributed by atoms with van der Waals surface area (Å²) >= 11 is 0. The van der Waals surface area contributed by atoms with Crippen LogP contribution >= 0.6 is 0 Å². The SMILES string of the molecule is O=C1c2ccccc2C(=O)c2c1ccc1c2S(=O)N(c2ccccc2)C1=O. The predicted molar refractivity (Wildman–Crippen MR) is 99.4 cm³/mol. The minimum absolute atomic E-state index is 0.0707. The number of carbonyl (C=O) groups is 3. The molecular formula is C21H11NO4S. The average molecular weight is 373 g/mol. The topological polar surface area (TPSA) is 71.5 Å². The van der Waals surface area contributed by atoms with E-state index < -0.39 is 16.9 Å². The second-order valence-corrected chi connectivity index (χ2v) is 7.52. The molecule has 0 radical (unpaired) electrons. The first-order valence-electron chi connectivity index (χ1n) is 8.26. The van der Waals surface area contributed by atoms with Crippen molar-refractivity contribution >= 4 is 34.1 Å². The van der Waals surface area contributed by atoms with Crippen molar-refractivity contribution in [1.82, 2.24) is 0 Å². The number of hydrogen-bond donors (Lipinski definition) is 0. The molecule has 0 bridgehead atoms. The zero-order chi connectivity index (χ0) is 18.7. The molecule has 5 nitrogen and oxygen atoms in total. The minimum Gasteiger partial charge on any atom is -0.289 e. The third-order valence-electron chi connectivity index (χ3n) is 4.79. The molecule has 3 aromatic carbocycles. The number of anilines is 1. The van der Waals surface area contributed by atoms with E-state index in [0.29, 0.717) is 11.3 Å². The molecule has 130 valence electrons. The van der Waals surface area contributed by atoms with Gasteiger partial charge in [0.05, 0.1) is 21.7 Å². The Morgan fingerprint density at radius 1 is 0.630 bits per heavy atom. The smallest absolute Gasteiger partial charge is 0.271 e. The molecule has 0 spiro atoms. The normalized spacial score (nSPS) is 17.6. The highest BCUT2D eigenvalue weighted by atomic mass is 32.2. The molecule has 0 saturated carbocycles. The number of benzene rings is 3. The van der Waals surface area contributed by atoms with Crippen LogP contribution < -0.4 is 4.31 Å². The van der Waals surface area contributed by atoms with E-state index in [1.807, 2.05) is 0 Å². The molecule has 0 N–H and O–H groups in total. The standard InChI is InChI=1S/C21H11NO4S/c23-18-13-8-4-5-9-14(13)19(24)17-15(18)10-11-16-20(17)27(26)22(21(16)25)12-6-2-1-3-7-12/h1-11H. The molecule has 1 unspecified atom stereocenters. The predicted octanol–water partition coefficient (Wildman–Crippen LogP) is 3.15. The van der Waals surface area contributed by atoms with Gasteiger partial charge in [0.2, 0.25) is 0 Å². The lowest BCUT2D eigenvalue weighted by Crippen LogP contribution is -2.26. The van der Waals surface area contributed by atoms with Crippen LogP contribution in [0.15, 0.2) is 71.6 Å². The molecule has 2 aliphatic rings. The van der Waals surface area contributed by atoms with E-state index in [4.69, 9.17) is 0 Å². The van der Waals surface area contributed by atoms with Gasteiger partial charge in [0, 0.05) is 16.7 Å². The number of nitrogens with zero attached hydrogens (tertiary/aromatic N) is 1. The van der Waals surface area contributed by atoms with Crippen LogP contribution in [-0.2, 0) is 11.0 Å². The summed E-state index contributed by atoms with van der Waals surface area (Å²) in [6.07, 6.45) is 0. The van der Waals surface area contributed by atoms with Crippen LogP contribution in [0.25, 0.3) is 0 Å². The van der Waals surface area contributed by atoms with Crippen molar-refractivity contribution in [2.24, 2.45) is 0 Å². The maximum absolute atomic E-state index is 13.2. The molecule has 27 heavy (non-hydrogen) atoms. The number of fused-ring (bicyclic) bond motifs is 4. The van der Waals surface area contributed by atoms with Gasteiger partial charge in [-0.2, -0.15) is 0 Å². The highest BCUT2D eigenvalue weighted by Gasteiger charge is 2.43. The number of carbonyl (C=O) groups excluding carboxylic acids is 3. The number of rotatable bonds is 1. The summed E-state index contributed by atoms with van der Waals surface area (Å²) in [5, 5.41) is 0. The Kier molecular flexibility index (Phi) is 3.26. The highest BCUT2D eigenvalue weighted by Crippen LogP contribution is 2.39. The summed E-state index contributed by atoms with van der Waals surface area (Å²) in [7, 11) is -1.91. The van der Waals surface area contributed by atoms with Crippen molar-refractivity contribution in [2.75, 3.05) is 4.31 Å². The van der Waals surface area contributed by atoms with E-state index in [2.05, 4.69) is 0 Å². The first-order valence-corrected chi connectivity index (χ1v) is 9.37. The van der Waals surface area contributed by atoms with Gasteiger partial charge in [0.25, 0.3) is 5.91 Å². The Morgan fingerprint density at radius 3 is 1.93 bits per heavy atom. The molecule has 1 aliphatic heterocycles. The van der Waals surface area contributed by atoms with Crippen molar-refractivity contribution in [3.05, 3.63) is 94.5 Å². The van der Waals surface area contributed by atoms with E-state index in [-0.39, 0.29) is 38.7 Å². The summed E-state index contributed by atoms with van der Waals surface area (Å²) in [5.74, 6) is -1.13. The molecule has 1 aliphatic carbocycles. The minimum atomic E-state index is -1.91. The second kappa shape index (κ2) is 5.56. The van der Waals surface area contributed by atoms with Gasteiger partial charge in [0.1, 0.15) is 0 Å². The first kappa shape index (κ1) is 15.8. The highest BCUT2D eigenvalue weighted by molar-refractivity contribution is 7.88. The van der Waals surface area contributed by atoms with Crippen molar-refractivity contribution in [3.8, 4) is 0 Å². The second-order valence-electron chi connectivity index (χ2n) is 6.25. The van der Waals surface area contributed by atoms with Crippen LogP contribution in [0, 0.1) is 0 Å². The van der Waals surface area contributed by atoms with Crippen molar-refractivity contribution < 1.29 is 18.6 Å². The summed E-state index contributed by atoms with van der Waals surface area (Å²) in [4.78, 5) is 38.9. The summed E-state index contributed by atoms with van der Waals surface area (Å²) in [6, 6.07) is 18.1. The molecule has 0 fully saturated rings. The fourth-order valence-corrected chi connectivity index (χ4v) is 5.02. The lowest BCUT2D eigenvalue weighted by atomic mass is 9.83. The van der Waals surface area contributed by atoms with Crippen LogP contribution in [0.5, 0.6) is 0 Å². The quantitative estimate of drug-likeness (QED) is 0.514. The van der Waals surface area contributed by atoms with Crippen molar-refractivity contribution in [2.45, 2.75) is 4.90 Å². The van der Waals surface area contributed by atoms with Crippen LogP contribution in [0.2, 0.25) is 0 Å². The molecule has 3 aromatic rings. The van der Waals surface area contributed by atoms with E-state index in [1.54, 1.807) is 54.6 Å². The van der Waals surface area contributed by atoms with Gasteiger partial charge in [-0.3, -0.25) is 14.4 Å². The molecule has 0 saturated heterocycles. The van der Waals surface area contributed by atoms with Crippen LogP contribution in [0.4, 0.5) is 5.69 Å². The molecule has 6 heteroatoms. The summed E-state index contributed by atoms with van der Waals surface area (Å²) in [5.41, 5.74) is 1.52. The van der Waals surface area contributed by atoms with Crippen LogP contribution in [0.3, 0.4) is 0 Å². The monoisotopic (exact) mass is 373 g/mol. The van der Waals surface area contributed by atoms with Gasteiger partial charge in [-0.1, -0.05) is 42.5 Å². The van der Waals surface area contributed by atoms with Crippen molar-refractivity contribution in [1.29, 1.82) is 0 Å². The van der Waals surface area contributed by atoms with Gasteiger partial charge < -0.3 is 0 Å². The Bertz CT molecular complexity index is 1200. The Hall–Kier alpha value is -3.38. The molecule has 5 rings (SSSR count). The van der Waals surface area contributed by atoms with Crippen LogP contribution in [0.1, 0.15) is 42.2 Å². The maximum atomic E-state index is 13.2. The van der Waals surface area contributed by atoms with Gasteiger partial charge in [-0.15, -0.1) is 0 Å². The summed E-state index contributed by atoms with van der Waals surface area (Å²) in [6.45, 7) is 0. The van der Waals surface area contributed by atoms with Gasteiger partial charge in [0.15, 0.2) is 22.6 Å². The Labute approximate surface area is 156 Å². The van der Waals surface area contributed by atoms with Gasteiger partial charge in [-0.25, -0.2) is 8.51 Å². The van der Waals surface area contributed by atoms with Gasteiger partial charge >= 0.3 is 0 Å². The fraction of sp³-hybridized carbons (Fsp3) is 0. The molecule has 0 aromatic heterocycles. The van der Waals surface area contributed by atoms with E-state index >= 15 is 0 Å². The summed E-state index contributed by atoms with van der Waals surface area (Å²) < 4.78 is 14.4. The zero-order valence-corrected chi connectivity index (χ0v) is 14.7. The number of ketones is 2.